The lowest BCUT2D eigenvalue weighted by atomic mass is 10.0. The predicted octanol–water partition coefficient (Wildman–Crippen LogP) is 3.10. The highest BCUT2D eigenvalue weighted by molar-refractivity contribution is 5.78. The number of H-pyrrole nitrogens is 1. The number of piperidine rings is 1. The zero-order chi connectivity index (χ0) is 17.8. The molecule has 25 heavy (non-hydrogen) atoms. The summed E-state index contributed by atoms with van der Waals surface area (Å²) < 4.78 is 18.0. The number of carbonyl (C=O) groups is 2. The van der Waals surface area contributed by atoms with Crippen LogP contribution in [0.4, 0.5) is 4.39 Å². The Labute approximate surface area is 145 Å². The second kappa shape index (κ2) is 7.63. The van der Waals surface area contributed by atoms with Crippen molar-refractivity contribution in [1.29, 1.82) is 0 Å². The van der Waals surface area contributed by atoms with Crippen LogP contribution in [0.3, 0.4) is 0 Å². The Morgan fingerprint density at radius 1 is 1.36 bits per heavy atom. The number of benzene rings is 1. The number of likely N-dealkylation sites (tertiary alicyclic amines) is 1. The van der Waals surface area contributed by atoms with E-state index in [0.29, 0.717) is 36.2 Å². The molecular formula is C18H22FN3O3. The molecular weight excluding hydrogens is 325 g/mol. The normalized spacial score (nSPS) is 17.7. The minimum absolute atomic E-state index is 0.0141. The highest BCUT2D eigenvalue weighted by Gasteiger charge is 2.30. The number of hydrogen-bond acceptors (Lipinski definition) is 4. The van der Waals surface area contributed by atoms with Crippen molar-refractivity contribution in [3.63, 3.8) is 0 Å². The van der Waals surface area contributed by atoms with Crippen LogP contribution in [0, 0.1) is 5.82 Å². The van der Waals surface area contributed by atoms with Crippen LogP contribution >= 0.6 is 0 Å². The molecule has 0 aliphatic carbocycles. The number of imidazole rings is 1. The number of nitrogens with one attached hydrogen (secondary N) is 1. The second-order valence-corrected chi connectivity index (χ2v) is 6.31. The number of ether oxygens (including phenoxy) is 1. The van der Waals surface area contributed by atoms with E-state index in [1.165, 1.54) is 19.2 Å². The van der Waals surface area contributed by atoms with E-state index < -0.39 is 0 Å². The number of aromatic nitrogens is 2. The molecule has 1 aliphatic rings. The quantitative estimate of drug-likeness (QED) is 0.844. The van der Waals surface area contributed by atoms with Gasteiger partial charge in [-0.2, -0.15) is 0 Å². The van der Waals surface area contributed by atoms with Crippen molar-refractivity contribution in [3.8, 4) is 0 Å². The van der Waals surface area contributed by atoms with Crippen LogP contribution < -0.4 is 0 Å². The van der Waals surface area contributed by atoms with E-state index in [-0.39, 0.29) is 30.2 Å². The summed E-state index contributed by atoms with van der Waals surface area (Å²) in [6.45, 7) is 0.674. The third-order valence-corrected chi connectivity index (χ3v) is 4.60. The summed E-state index contributed by atoms with van der Waals surface area (Å²) in [5, 5.41) is 0. The third-order valence-electron chi connectivity index (χ3n) is 4.60. The molecule has 0 unspecified atom stereocenters. The van der Waals surface area contributed by atoms with E-state index in [2.05, 4.69) is 14.7 Å². The van der Waals surface area contributed by atoms with Gasteiger partial charge in [0.1, 0.15) is 11.6 Å². The summed E-state index contributed by atoms with van der Waals surface area (Å²) in [7, 11) is 1.34. The number of nitrogens with zero attached hydrogens (tertiary/aromatic N) is 2. The lowest BCUT2D eigenvalue weighted by Gasteiger charge is -2.34. The van der Waals surface area contributed by atoms with Gasteiger partial charge >= 0.3 is 5.97 Å². The molecule has 2 heterocycles. The van der Waals surface area contributed by atoms with E-state index in [1.54, 1.807) is 6.07 Å². The molecule has 0 bridgehead atoms. The second-order valence-electron chi connectivity index (χ2n) is 6.31. The lowest BCUT2D eigenvalue weighted by Crippen LogP contribution is -2.38. The maximum atomic E-state index is 13.4. The lowest BCUT2D eigenvalue weighted by molar-refractivity contribution is -0.141. The molecule has 1 fully saturated rings. The Morgan fingerprint density at radius 2 is 2.20 bits per heavy atom. The SMILES string of the molecule is COC(=O)CCCC(=O)N1CCCC[C@H]1c1nc2ccc(F)cc2[nH]1. The largest absolute Gasteiger partial charge is 0.469 e. The van der Waals surface area contributed by atoms with Crippen LogP contribution in [0.2, 0.25) is 0 Å². The van der Waals surface area contributed by atoms with Gasteiger partial charge in [-0.1, -0.05) is 0 Å². The van der Waals surface area contributed by atoms with Crippen molar-refractivity contribution in [2.45, 2.75) is 44.6 Å². The number of methoxy groups -OCH3 is 1. The number of carbonyl (C=O) groups excluding carboxylic acids is 2. The van der Waals surface area contributed by atoms with Crippen molar-refractivity contribution in [3.05, 3.63) is 29.8 Å². The van der Waals surface area contributed by atoms with E-state index in [0.717, 1.165) is 19.3 Å². The Morgan fingerprint density at radius 3 is 3.00 bits per heavy atom. The summed E-state index contributed by atoms with van der Waals surface area (Å²) >= 11 is 0. The average molecular weight is 347 g/mol. The molecule has 1 atom stereocenters. The summed E-state index contributed by atoms with van der Waals surface area (Å²) in [6, 6.07) is 4.30. The number of hydrogen-bond donors (Lipinski definition) is 1. The number of aromatic amines is 1. The van der Waals surface area contributed by atoms with Gasteiger partial charge in [0, 0.05) is 19.4 Å². The van der Waals surface area contributed by atoms with Crippen LogP contribution in [-0.4, -0.2) is 40.4 Å². The summed E-state index contributed by atoms with van der Waals surface area (Å²) in [6.07, 6.45) is 3.81. The van der Waals surface area contributed by atoms with Crippen LogP contribution in [-0.2, 0) is 14.3 Å². The van der Waals surface area contributed by atoms with Gasteiger partial charge < -0.3 is 14.6 Å². The Kier molecular flexibility index (Phi) is 5.31. The van der Waals surface area contributed by atoms with E-state index in [9.17, 15) is 14.0 Å². The molecule has 1 saturated heterocycles. The van der Waals surface area contributed by atoms with Crippen molar-refractivity contribution in [2.75, 3.05) is 13.7 Å². The van der Waals surface area contributed by atoms with Crippen LogP contribution in [0.25, 0.3) is 11.0 Å². The standard InChI is InChI=1S/C18H22FN3O3/c1-25-17(24)7-4-6-16(23)22-10-3-2-5-15(22)18-20-13-9-8-12(19)11-14(13)21-18/h8-9,11,15H,2-7,10H2,1H3,(H,20,21)/t15-/m0/s1. The van der Waals surface area contributed by atoms with Gasteiger partial charge in [0.15, 0.2) is 0 Å². The molecule has 1 aromatic carbocycles. The van der Waals surface area contributed by atoms with Crippen molar-refractivity contribution in [1.82, 2.24) is 14.9 Å². The van der Waals surface area contributed by atoms with Gasteiger partial charge in [0.25, 0.3) is 0 Å². The first-order valence-corrected chi connectivity index (χ1v) is 8.60. The molecule has 1 N–H and O–H groups in total. The van der Waals surface area contributed by atoms with Gasteiger partial charge in [0.05, 0.1) is 24.2 Å². The topological polar surface area (TPSA) is 75.3 Å². The first-order valence-electron chi connectivity index (χ1n) is 8.60. The predicted molar refractivity (Wildman–Crippen MR) is 90.2 cm³/mol. The number of fused-ring (bicyclic) bond motifs is 1. The summed E-state index contributed by atoms with van der Waals surface area (Å²) in [5.74, 6) is 0.0891. The van der Waals surface area contributed by atoms with E-state index in [1.807, 2.05) is 4.90 Å². The zero-order valence-corrected chi connectivity index (χ0v) is 14.3. The molecule has 7 heteroatoms. The fourth-order valence-electron chi connectivity index (χ4n) is 3.30. The highest BCUT2D eigenvalue weighted by Crippen LogP contribution is 2.31. The van der Waals surface area contributed by atoms with Crippen LogP contribution in [0.15, 0.2) is 18.2 Å². The molecule has 0 spiro atoms. The van der Waals surface area contributed by atoms with Gasteiger partial charge in [-0.15, -0.1) is 0 Å². The Bertz CT molecular complexity index is 774. The summed E-state index contributed by atoms with van der Waals surface area (Å²) in [5.41, 5.74) is 1.33. The van der Waals surface area contributed by atoms with Crippen molar-refractivity contribution >= 4 is 22.9 Å². The first-order chi connectivity index (χ1) is 12.1. The van der Waals surface area contributed by atoms with Crippen molar-refractivity contribution in [2.24, 2.45) is 0 Å². The average Bonchev–Trinajstić information content (AvgIpc) is 3.04. The molecule has 6 nitrogen and oxygen atoms in total. The summed E-state index contributed by atoms with van der Waals surface area (Å²) in [4.78, 5) is 33.3. The maximum Gasteiger partial charge on any atom is 0.305 e. The Balaban J connectivity index is 1.73. The number of esters is 1. The molecule has 3 rings (SSSR count). The fourth-order valence-corrected chi connectivity index (χ4v) is 3.30. The van der Waals surface area contributed by atoms with Gasteiger partial charge in [-0.05, 0) is 43.9 Å². The van der Waals surface area contributed by atoms with Crippen LogP contribution in [0.1, 0.15) is 50.4 Å². The van der Waals surface area contributed by atoms with E-state index >= 15 is 0 Å². The minimum Gasteiger partial charge on any atom is -0.469 e. The van der Waals surface area contributed by atoms with Gasteiger partial charge in [0.2, 0.25) is 5.91 Å². The molecule has 1 aliphatic heterocycles. The molecule has 134 valence electrons. The third kappa shape index (κ3) is 3.97. The fraction of sp³-hybridized carbons (Fsp3) is 0.500. The molecule has 1 aromatic heterocycles. The number of amides is 1. The van der Waals surface area contributed by atoms with Crippen molar-refractivity contribution < 1.29 is 18.7 Å². The van der Waals surface area contributed by atoms with Gasteiger partial charge in [-0.3, -0.25) is 9.59 Å². The molecule has 0 radical (unpaired) electrons. The van der Waals surface area contributed by atoms with Gasteiger partial charge in [-0.25, -0.2) is 9.37 Å². The Hall–Kier alpha value is -2.44. The maximum absolute atomic E-state index is 13.4. The smallest absolute Gasteiger partial charge is 0.305 e. The minimum atomic E-state index is -0.318. The monoisotopic (exact) mass is 347 g/mol. The molecule has 1 amide bonds. The number of halogens is 1. The zero-order valence-electron chi connectivity index (χ0n) is 14.3. The molecule has 0 saturated carbocycles. The first kappa shape index (κ1) is 17.4. The molecule has 2 aromatic rings. The number of rotatable bonds is 5. The van der Waals surface area contributed by atoms with E-state index in [4.69, 9.17) is 0 Å². The highest BCUT2D eigenvalue weighted by atomic mass is 19.1. The van der Waals surface area contributed by atoms with Crippen LogP contribution in [0.5, 0.6) is 0 Å².